The number of nitrogen functional groups attached to an aromatic ring is 1. The molecule has 0 saturated heterocycles. The van der Waals surface area contributed by atoms with Crippen LogP contribution in [0.15, 0.2) is 46.4 Å². The Morgan fingerprint density at radius 1 is 1.42 bits per heavy atom. The number of benzene rings is 1. The van der Waals surface area contributed by atoms with E-state index in [2.05, 4.69) is 11.2 Å². The fourth-order valence-electron chi connectivity index (χ4n) is 3.08. The molecule has 1 aliphatic rings. The lowest BCUT2D eigenvalue weighted by molar-refractivity contribution is -0.450. The predicted molar refractivity (Wildman–Crippen MR) is 94.2 cm³/mol. The molecule has 0 bridgehead atoms. The molecule has 1 heterocycles. The summed E-state index contributed by atoms with van der Waals surface area (Å²) in [6.07, 6.45) is 2.90. The van der Waals surface area contributed by atoms with Crippen molar-refractivity contribution in [3.8, 4) is 6.07 Å². The van der Waals surface area contributed by atoms with Crippen molar-refractivity contribution in [2.45, 2.75) is 25.7 Å². The van der Waals surface area contributed by atoms with Crippen molar-refractivity contribution < 1.29 is 4.58 Å². The van der Waals surface area contributed by atoms with Crippen molar-refractivity contribution in [3.63, 3.8) is 0 Å². The lowest BCUT2D eigenvalue weighted by Gasteiger charge is -2.26. The van der Waals surface area contributed by atoms with Crippen LogP contribution in [-0.4, -0.2) is 17.5 Å². The molecule has 0 aromatic heterocycles. The molecule has 0 saturated carbocycles. The van der Waals surface area contributed by atoms with Crippen LogP contribution >= 0.6 is 0 Å². The number of amidine groups is 1. The predicted octanol–water partition coefficient (Wildman–Crippen LogP) is 2.18. The molecule has 1 aliphatic heterocycles. The quantitative estimate of drug-likeness (QED) is 0.443. The lowest BCUT2D eigenvalue weighted by Crippen LogP contribution is -2.36. The summed E-state index contributed by atoms with van der Waals surface area (Å²) < 4.78 is 1.78. The van der Waals surface area contributed by atoms with Crippen LogP contribution in [0.4, 0.5) is 11.4 Å². The average Bonchev–Trinajstić information content (AvgIpc) is 2.58. The van der Waals surface area contributed by atoms with E-state index in [1.807, 2.05) is 6.92 Å². The standard InChI is InChI=1S/C17H20N6O/c1-3-5-14-11(8-18)15(12(9-19)17(21)23(14)2)10-6-4-7-13(20)16(10)22-24/h4,6-7,9,15H,3,5H2,1-2H3,(H5,19,20,21,24)/p+1. The molecular formula is C17H21N6O+. The average molecular weight is 325 g/mol. The largest absolute Gasteiger partial charge is 0.404 e. The van der Waals surface area contributed by atoms with Gasteiger partial charge in [-0.05, 0) is 23.2 Å². The smallest absolute Gasteiger partial charge is 0.278 e. The van der Waals surface area contributed by atoms with Crippen LogP contribution < -0.4 is 17.2 Å². The maximum absolute atomic E-state index is 11.3. The SMILES string of the molecule is CCCC1=C(C#N)C(c2cccc(N)c2N=O)/C(=C/N)C(N)=[N+]1C. The zero-order chi connectivity index (χ0) is 17.9. The van der Waals surface area contributed by atoms with E-state index in [-0.39, 0.29) is 11.4 Å². The molecule has 0 radical (unpaired) electrons. The fourth-order valence-corrected chi connectivity index (χ4v) is 3.08. The normalized spacial score (nSPS) is 19.5. The Bertz CT molecular complexity index is 813. The van der Waals surface area contributed by atoms with E-state index in [1.165, 1.54) is 6.20 Å². The number of nitriles is 1. The summed E-state index contributed by atoms with van der Waals surface area (Å²) in [6.45, 7) is 2.02. The Morgan fingerprint density at radius 3 is 2.67 bits per heavy atom. The number of hydrogen-bond donors (Lipinski definition) is 3. The molecule has 6 N–H and O–H groups in total. The van der Waals surface area contributed by atoms with Gasteiger partial charge in [0.25, 0.3) is 5.84 Å². The van der Waals surface area contributed by atoms with E-state index in [0.717, 1.165) is 12.1 Å². The number of nitroso groups, excluding NO2 is 1. The third kappa shape index (κ3) is 2.63. The molecule has 7 heteroatoms. The summed E-state index contributed by atoms with van der Waals surface area (Å²) in [5, 5.41) is 12.8. The minimum absolute atomic E-state index is 0.114. The molecule has 1 atom stereocenters. The topological polar surface area (TPSA) is 134 Å². The molecule has 24 heavy (non-hydrogen) atoms. The van der Waals surface area contributed by atoms with Gasteiger partial charge in [0.1, 0.15) is 11.4 Å². The maximum Gasteiger partial charge on any atom is 0.278 e. The fraction of sp³-hybridized carbons (Fsp3) is 0.294. The summed E-state index contributed by atoms with van der Waals surface area (Å²) in [6, 6.07) is 7.30. The van der Waals surface area contributed by atoms with Crippen molar-refractivity contribution in [1.82, 2.24) is 0 Å². The highest BCUT2D eigenvalue weighted by Crippen LogP contribution is 2.43. The Labute approximate surface area is 140 Å². The van der Waals surface area contributed by atoms with Crippen LogP contribution in [-0.2, 0) is 0 Å². The van der Waals surface area contributed by atoms with Crippen molar-refractivity contribution in [1.29, 1.82) is 5.26 Å². The first-order chi connectivity index (χ1) is 11.5. The second-order valence-corrected chi connectivity index (χ2v) is 5.60. The van der Waals surface area contributed by atoms with Gasteiger partial charge in [-0.3, -0.25) is 5.73 Å². The van der Waals surface area contributed by atoms with E-state index in [4.69, 9.17) is 17.2 Å². The molecule has 7 nitrogen and oxygen atoms in total. The molecule has 0 aliphatic carbocycles. The zero-order valence-corrected chi connectivity index (χ0v) is 13.8. The highest BCUT2D eigenvalue weighted by atomic mass is 16.3. The summed E-state index contributed by atoms with van der Waals surface area (Å²) in [7, 11) is 1.80. The lowest BCUT2D eigenvalue weighted by atomic mass is 9.80. The van der Waals surface area contributed by atoms with Gasteiger partial charge in [0.05, 0.1) is 35.9 Å². The monoisotopic (exact) mass is 325 g/mol. The number of hydrogen-bond acceptors (Lipinski definition) is 6. The Balaban J connectivity index is 2.83. The van der Waals surface area contributed by atoms with Crippen molar-refractivity contribution in [3.05, 3.63) is 51.7 Å². The molecule has 0 fully saturated rings. The molecule has 0 amide bonds. The Kier molecular flexibility index (Phi) is 4.99. The van der Waals surface area contributed by atoms with E-state index in [1.54, 1.807) is 29.8 Å². The molecule has 124 valence electrons. The maximum atomic E-state index is 11.3. The Morgan fingerprint density at radius 2 is 2.12 bits per heavy atom. The van der Waals surface area contributed by atoms with E-state index in [0.29, 0.717) is 29.0 Å². The van der Waals surface area contributed by atoms with Crippen LogP contribution in [0, 0.1) is 16.2 Å². The first kappa shape index (κ1) is 17.2. The van der Waals surface area contributed by atoms with Gasteiger partial charge in [0, 0.05) is 12.6 Å². The number of anilines is 1. The van der Waals surface area contributed by atoms with Crippen molar-refractivity contribution in [2.75, 3.05) is 12.8 Å². The first-order valence-electron chi connectivity index (χ1n) is 7.64. The second-order valence-electron chi connectivity index (χ2n) is 5.60. The van der Waals surface area contributed by atoms with Gasteiger partial charge in [0.15, 0.2) is 0 Å². The number of allylic oxidation sites excluding steroid dienone is 2. The Hall–Kier alpha value is -3.14. The zero-order valence-electron chi connectivity index (χ0n) is 13.8. The van der Waals surface area contributed by atoms with Crippen LogP contribution in [0.2, 0.25) is 0 Å². The highest BCUT2D eigenvalue weighted by Gasteiger charge is 2.37. The van der Waals surface area contributed by atoms with Gasteiger partial charge in [-0.15, -0.1) is 4.91 Å². The highest BCUT2D eigenvalue weighted by molar-refractivity contribution is 5.97. The van der Waals surface area contributed by atoms with Gasteiger partial charge >= 0.3 is 0 Å². The summed E-state index contributed by atoms with van der Waals surface area (Å²) >= 11 is 0. The third-order valence-corrected chi connectivity index (χ3v) is 4.26. The molecular weight excluding hydrogens is 304 g/mol. The van der Waals surface area contributed by atoms with E-state index < -0.39 is 5.92 Å². The molecule has 1 unspecified atom stereocenters. The third-order valence-electron chi connectivity index (χ3n) is 4.26. The van der Waals surface area contributed by atoms with Crippen LogP contribution in [0.25, 0.3) is 0 Å². The van der Waals surface area contributed by atoms with Crippen LogP contribution in [0.5, 0.6) is 0 Å². The number of nitrogens with two attached hydrogens (primary N) is 3. The van der Waals surface area contributed by atoms with Crippen LogP contribution in [0.3, 0.4) is 0 Å². The van der Waals surface area contributed by atoms with E-state index in [9.17, 15) is 10.2 Å². The first-order valence-corrected chi connectivity index (χ1v) is 7.64. The van der Waals surface area contributed by atoms with Gasteiger partial charge in [-0.1, -0.05) is 19.1 Å². The molecule has 0 spiro atoms. The minimum Gasteiger partial charge on any atom is -0.404 e. The molecule has 1 aromatic carbocycles. The number of rotatable bonds is 4. The summed E-state index contributed by atoms with van der Waals surface area (Å²) in [5.41, 5.74) is 20.7. The number of nitrogens with zero attached hydrogens (tertiary/aromatic N) is 3. The summed E-state index contributed by atoms with van der Waals surface area (Å²) in [5.74, 6) is -0.113. The van der Waals surface area contributed by atoms with Crippen molar-refractivity contribution in [2.24, 2.45) is 16.6 Å². The molecule has 2 rings (SSSR count). The van der Waals surface area contributed by atoms with Gasteiger partial charge < -0.3 is 11.5 Å². The minimum atomic E-state index is -0.561. The van der Waals surface area contributed by atoms with Gasteiger partial charge in [-0.2, -0.15) is 5.26 Å². The van der Waals surface area contributed by atoms with Gasteiger partial charge in [-0.25, -0.2) is 4.58 Å². The molecule has 1 aromatic rings. The second kappa shape index (κ2) is 6.96. The van der Waals surface area contributed by atoms with Crippen molar-refractivity contribution >= 4 is 17.2 Å². The van der Waals surface area contributed by atoms with Crippen LogP contribution in [0.1, 0.15) is 31.2 Å². The van der Waals surface area contributed by atoms with Gasteiger partial charge in [0.2, 0.25) is 0 Å². The van der Waals surface area contributed by atoms with E-state index >= 15 is 0 Å². The summed E-state index contributed by atoms with van der Waals surface area (Å²) in [4.78, 5) is 11.3.